The van der Waals surface area contributed by atoms with Crippen LogP contribution in [0.15, 0.2) is 12.1 Å². The number of phenols is 1. The molecule has 3 rings (SSSR count). The second kappa shape index (κ2) is 7.03. The highest BCUT2D eigenvalue weighted by molar-refractivity contribution is 5.61. The summed E-state index contributed by atoms with van der Waals surface area (Å²) in [6.45, 7) is 6.61. The Hall–Kier alpha value is -1.73. The van der Waals surface area contributed by atoms with E-state index >= 15 is 0 Å². The number of phenolic OH excluding ortho intramolecular Hbond substituents is 1. The van der Waals surface area contributed by atoms with Crippen LogP contribution >= 0.6 is 0 Å². The molecule has 1 aliphatic heterocycles. The molecule has 0 unspecified atom stereocenters. The summed E-state index contributed by atoms with van der Waals surface area (Å²) in [5, 5.41) is 22.7. The number of aromatic hydroxyl groups is 1. The van der Waals surface area contributed by atoms with Crippen molar-refractivity contribution in [3.05, 3.63) is 23.3 Å². The first-order chi connectivity index (χ1) is 11.5. The monoisotopic (exact) mass is 327 g/mol. The molecule has 4 heteroatoms. The summed E-state index contributed by atoms with van der Waals surface area (Å²) < 4.78 is 0. The fraction of sp³-hybridized carbons (Fsp3) is 0.650. The number of nitrogens with one attached hydrogen (secondary N) is 1. The van der Waals surface area contributed by atoms with Gasteiger partial charge < -0.3 is 10.4 Å². The average Bonchev–Trinajstić information content (AvgIpc) is 2.59. The summed E-state index contributed by atoms with van der Waals surface area (Å²) in [6, 6.07) is 5.97. The van der Waals surface area contributed by atoms with Crippen LogP contribution in [0.25, 0.3) is 0 Å². The summed E-state index contributed by atoms with van der Waals surface area (Å²) in [7, 11) is 0. The predicted octanol–water partition coefficient (Wildman–Crippen LogP) is 4.17. The van der Waals surface area contributed by atoms with E-state index in [2.05, 4.69) is 23.2 Å². The van der Waals surface area contributed by atoms with E-state index in [0.717, 1.165) is 37.2 Å². The van der Waals surface area contributed by atoms with Gasteiger partial charge in [0, 0.05) is 30.7 Å². The van der Waals surface area contributed by atoms with Crippen molar-refractivity contribution in [1.82, 2.24) is 4.90 Å². The van der Waals surface area contributed by atoms with Crippen LogP contribution in [0.3, 0.4) is 0 Å². The molecule has 1 aliphatic carbocycles. The minimum absolute atomic E-state index is 0.179. The zero-order chi connectivity index (χ0) is 17.2. The largest absolute Gasteiger partial charge is 0.506 e. The zero-order valence-electron chi connectivity index (χ0n) is 14.9. The molecule has 1 aromatic carbocycles. The Balaban J connectivity index is 1.60. The highest BCUT2D eigenvalue weighted by atomic mass is 16.3. The van der Waals surface area contributed by atoms with E-state index in [1.807, 2.05) is 13.0 Å². The van der Waals surface area contributed by atoms with Crippen LogP contribution in [-0.4, -0.2) is 34.7 Å². The van der Waals surface area contributed by atoms with Gasteiger partial charge in [-0.05, 0) is 51.2 Å². The minimum Gasteiger partial charge on any atom is -0.506 e. The van der Waals surface area contributed by atoms with Crippen LogP contribution in [0.2, 0.25) is 0 Å². The van der Waals surface area contributed by atoms with E-state index in [-0.39, 0.29) is 5.75 Å². The molecule has 1 saturated heterocycles. The van der Waals surface area contributed by atoms with Crippen molar-refractivity contribution in [2.75, 3.05) is 18.4 Å². The maximum absolute atomic E-state index is 10.2. The van der Waals surface area contributed by atoms with Crippen LogP contribution in [-0.2, 0) is 0 Å². The lowest BCUT2D eigenvalue weighted by molar-refractivity contribution is 0.0457. The van der Waals surface area contributed by atoms with E-state index in [9.17, 15) is 5.11 Å². The van der Waals surface area contributed by atoms with Crippen LogP contribution in [0.5, 0.6) is 5.75 Å². The fourth-order valence-corrected chi connectivity index (χ4v) is 4.35. The first kappa shape index (κ1) is 17.1. The number of benzene rings is 1. The van der Waals surface area contributed by atoms with Gasteiger partial charge in [-0.1, -0.05) is 19.3 Å². The topological polar surface area (TPSA) is 59.3 Å². The summed E-state index contributed by atoms with van der Waals surface area (Å²) in [6.07, 6.45) is 9.01. The SMILES string of the molecule is Cc1cc(NC2CCN(C3(C)CCCCC3)CC2)c(O)cc1C#N. The quantitative estimate of drug-likeness (QED) is 0.818. The number of hydrogen-bond donors (Lipinski definition) is 2. The zero-order valence-corrected chi connectivity index (χ0v) is 14.9. The van der Waals surface area contributed by atoms with Gasteiger partial charge in [0.05, 0.1) is 17.3 Å². The summed E-state index contributed by atoms with van der Waals surface area (Å²) in [5.74, 6) is 0.179. The Labute approximate surface area is 145 Å². The molecule has 24 heavy (non-hydrogen) atoms. The van der Waals surface area contributed by atoms with E-state index < -0.39 is 0 Å². The Bertz CT molecular complexity index is 621. The van der Waals surface area contributed by atoms with Crippen molar-refractivity contribution in [2.45, 2.75) is 70.4 Å². The van der Waals surface area contributed by atoms with E-state index in [1.165, 1.54) is 32.1 Å². The van der Waals surface area contributed by atoms with Gasteiger partial charge in [-0.25, -0.2) is 0 Å². The van der Waals surface area contributed by atoms with Crippen molar-refractivity contribution in [3.63, 3.8) is 0 Å². The molecular formula is C20H29N3O. The summed E-state index contributed by atoms with van der Waals surface area (Å²) in [4.78, 5) is 2.69. The number of likely N-dealkylation sites (tertiary alicyclic amines) is 1. The van der Waals surface area contributed by atoms with Gasteiger partial charge in [0.1, 0.15) is 5.75 Å². The number of piperidine rings is 1. The molecule has 0 bridgehead atoms. The van der Waals surface area contributed by atoms with Gasteiger partial charge in [0.15, 0.2) is 0 Å². The Morgan fingerprint density at radius 1 is 1.21 bits per heavy atom. The smallest absolute Gasteiger partial charge is 0.140 e. The number of aryl methyl sites for hydroxylation is 1. The molecule has 0 amide bonds. The third-order valence-corrected chi connectivity index (χ3v) is 6.01. The van der Waals surface area contributed by atoms with Crippen molar-refractivity contribution < 1.29 is 5.11 Å². The van der Waals surface area contributed by atoms with Gasteiger partial charge in [-0.2, -0.15) is 5.26 Å². The lowest BCUT2D eigenvalue weighted by Gasteiger charge is -2.47. The van der Waals surface area contributed by atoms with Crippen molar-refractivity contribution >= 4 is 5.69 Å². The van der Waals surface area contributed by atoms with Crippen LogP contribution in [0.4, 0.5) is 5.69 Å². The molecule has 2 N–H and O–H groups in total. The molecule has 0 aromatic heterocycles. The first-order valence-electron chi connectivity index (χ1n) is 9.27. The molecule has 0 radical (unpaired) electrons. The molecule has 4 nitrogen and oxygen atoms in total. The first-order valence-corrected chi connectivity index (χ1v) is 9.27. The molecule has 2 aliphatic rings. The normalized spacial score (nSPS) is 22.0. The third-order valence-electron chi connectivity index (χ3n) is 6.01. The number of rotatable bonds is 3. The van der Waals surface area contributed by atoms with Gasteiger partial charge in [0.2, 0.25) is 0 Å². The maximum Gasteiger partial charge on any atom is 0.140 e. The maximum atomic E-state index is 10.2. The predicted molar refractivity (Wildman–Crippen MR) is 97.3 cm³/mol. The fourth-order valence-electron chi connectivity index (χ4n) is 4.35. The van der Waals surface area contributed by atoms with E-state index in [0.29, 0.717) is 17.1 Å². The van der Waals surface area contributed by atoms with E-state index in [1.54, 1.807) is 6.07 Å². The molecule has 0 atom stereocenters. The number of hydrogen-bond acceptors (Lipinski definition) is 4. The summed E-state index contributed by atoms with van der Waals surface area (Å²) in [5.41, 5.74) is 2.60. The van der Waals surface area contributed by atoms with Crippen LogP contribution < -0.4 is 5.32 Å². The minimum atomic E-state index is 0.179. The second-order valence-corrected chi connectivity index (χ2v) is 7.76. The van der Waals surface area contributed by atoms with Gasteiger partial charge in [-0.15, -0.1) is 0 Å². The van der Waals surface area contributed by atoms with Crippen molar-refractivity contribution in [2.24, 2.45) is 0 Å². The number of nitriles is 1. The van der Waals surface area contributed by atoms with Crippen molar-refractivity contribution in [1.29, 1.82) is 5.26 Å². The highest BCUT2D eigenvalue weighted by Gasteiger charge is 2.35. The molecule has 2 fully saturated rings. The molecule has 130 valence electrons. The molecule has 1 heterocycles. The highest BCUT2D eigenvalue weighted by Crippen LogP contribution is 2.36. The van der Waals surface area contributed by atoms with Gasteiger partial charge in [0.25, 0.3) is 0 Å². The van der Waals surface area contributed by atoms with Crippen molar-refractivity contribution in [3.8, 4) is 11.8 Å². The Kier molecular flexibility index (Phi) is 5.01. The molecule has 0 spiro atoms. The Morgan fingerprint density at radius 2 is 1.88 bits per heavy atom. The van der Waals surface area contributed by atoms with Gasteiger partial charge in [-0.3, -0.25) is 4.90 Å². The lowest BCUT2D eigenvalue weighted by atomic mass is 9.80. The number of nitrogens with zero attached hydrogens (tertiary/aromatic N) is 2. The third kappa shape index (κ3) is 3.52. The van der Waals surface area contributed by atoms with Crippen LogP contribution in [0.1, 0.15) is 63.0 Å². The molecule has 1 aromatic rings. The molecular weight excluding hydrogens is 298 g/mol. The second-order valence-electron chi connectivity index (χ2n) is 7.76. The Morgan fingerprint density at radius 3 is 2.50 bits per heavy atom. The lowest BCUT2D eigenvalue weighted by Crippen LogP contribution is -2.52. The average molecular weight is 327 g/mol. The molecule has 1 saturated carbocycles. The summed E-state index contributed by atoms with van der Waals surface area (Å²) >= 11 is 0. The standard InChI is InChI=1S/C20H29N3O/c1-15-12-18(19(24)13-16(15)14-21)22-17-6-10-23(11-7-17)20(2)8-4-3-5-9-20/h12-13,17,22,24H,3-11H2,1-2H3. The van der Waals surface area contributed by atoms with E-state index in [4.69, 9.17) is 5.26 Å². The number of anilines is 1. The van der Waals surface area contributed by atoms with Crippen LogP contribution in [0, 0.1) is 18.3 Å². The van der Waals surface area contributed by atoms with Gasteiger partial charge >= 0.3 is 0 Å².